The number of nitrogens with one attached hydrogen (secondary N) is 1. The summed E-state index contributed by atoms with van der Waals surface area (Å²) in [6, 6.07) is 13.1. The molecule has 0 spiro atoms. The maximum absolute atomic E-state index is 13.4. The van der Waals surface area contributed by atoms with Crippen molar-refractivity contribution >= 4 is 11.6 Å². The first kappa shape index (κ1) is 20.3. The number of hydrogen-bond donors (Lipinski definition) is 1. The van der Waals surface area contributed by atoms with Crippen LogP contribution in [0.1, 0.15) is 45.5 Å². The summed E-state index contributed by atoms with van der Waals surface area (Å²) in [5, 5.41) is 15.1. The van der Waals surface area contributed by atoms with Crippen molar-refractivity contribution in [2.45, 2.75) is 19.3 Å². The van der Waals surface area contributed by atoms with Gasteiger partial charge in [0.05, 0.1) is 17.6 Å². The number of carbonyl (C=O) groups excluding carboxylic acids is 2. The number of rotatable bonds is 6. The van der Waals surface area contributed by atoms with Gasteiger partial charge in [-0.15, -0.1) is 0 Å². The second-order valence-electron chi connectivity index (χ2n) is 7.16. The van der Waals surface area contributed by atoms with Gasteiger partial charge in [0.1, 0.15) is 11.7 Å². The average Bonchev–Trinajstić information content (AvgIpc) is 2.80. The molecule has 0 saturated heterocycles. The first-order chi connectivity index (χ1) is 15.0. The summed E-state index contributed by atoms with van der Waals surface area (Å²) < 4.78 is 11.0. The van der Waals surface area contributed by atoms with Crippen molar-refractivity contribution in [2.24, 2.45) is 0 Å². The van der Waals surface area contributed by atoms with Crippen LogP contribution in [0.2, 0.25) is 0 Å². The van der Waals surface area contributed by atoms with Crippen LogP contribution in [0.3, 0.4) is 0 Å². The Labute approximate surface area is 178 Å². The minimum Gasteiger partial charge on any atom is -0.497 e. The third-order valence-electron chi connectivity index (χ3n) is 5.27. The number of nitro groups is 1. The molecule has 158 valence electrons. The van der Waals surface area contributed by atoms with E-state index < -0.39 is 22.4 Å². The molecule has 0 fully saturated rings. The topological polar surface area (TPSA) is 108 Å². The van der Waals surface area contributed by atoms with Gasteiger partial charge in [-0.25, -0.2) is 0 Å². The van der Waals surface area contributed by atoms with Crippen LogP contribution in [0.25, 0.3) is 0 Å². The number of carbonyl (C=O) groups is 2. The number of hydrogen-bond acceptors (Lipinski definition) is 7. The van der Waals surface area contributed by atoms with Gasteiger partial charge in [-0.2, -0.15) is 0 Å². The number of ether oxygens (including phenoxy) is 2. The fraction of sp³-hybridized carbons (Fsp3) is 0.217. The molecule has 0 saturated carbocycles. The highest BCUT2D eigenvalue weighted by Crippen LogP contribution is 2.45. The standard InChI is InChI=1S/C23H20N2O6/c1-3-11-24-23-19(25(28)29)17(13-7-6-8-14(12-13)30-2)18-20(26)15-9-4-5-10-16(15)21(27)22(18)31-23/h4-10,12,17,24H,3,11H2,1-2H3. The molecule has 0 amide bonds. The molecule has 1 atom stereocenters. The van der Waals surface area contributed by atoms with Gasteiger partial charge in [0, 0.05) is 17.7 Å². The van der Waals surface area contributed by atoms with Crippen LogP contribution in [0.5, 0.6) is 5.75 Å². The minimum atomic E-state index is -1.10. The lowest BCUT2D eigenvalue weighted by atomic mass is 9.77. The lowest BCUT2D eigenvalue weighted by Gasteiger charge is -2.30. The molecule has 0 radical (unpaired) electrons. The van der Waals surface area contributed by atoms with Crippen molar-refractivity contribution in [2.75, 3.05) is 13.7 Å². The Kier molecular flexibility index (Phi) is 5.29. The van der Waals surface area contributed by atoms with Crippen molar-refractivity contribution in [3.8, 4) is 5.75 Å². The average molecular weight is 420 g/mol. The molecule has 1 N–H and O–H groups in total. The molecule has 1 aliphatic carbocycles. The van der Waals surface area contributed by atoms with E-state index in [9.17, 15) is 19.7 Å². The summed E-state index contributed by atoms with van der Waals surface area (Å²) in [6.45, 7) is 2.30. The Hall–Kier alpha value is -3.94. The molecule has 0 bridgehead atoms. The Morgan fingerprint density at radius 2 is 1.81 bits per heavy atom. The van der Waals surface area contributed by atoms with Gasteiger partial charge in [0.15, 0.2) is 11.5 Å². The molecule has 0 aromatic heterocycles. The number of allylic oxidation sites excluding steroid dienone is 2. The fourth-order valence-corrected chi connectivity index (χ4v) is 3.86. The van der Waals surface area contributed by atoms with Gasteiger partial charge in [0.25, 0.3) is 5.88 Å². The summed E-state index contributed by atoms with van der Waals surface area (Å²) in [7, 11) is 1.48. The lowest BCUT2D eigenvalue weighted by Crippen LogP contribution is -2.36. The van der Waals surface area contributed by atoms with Crippen LogP contribution in [-0.2, 0) is 4.74 Å². The van der Waals surface area contributed by atoms with Crippen LogP contribution in [0, 0.1) is 10.1 Å². The summed E-state index contributed by atoms with van der Waals surface area (Å²) in [5.41, 5.74) is 0.523. The lowest BCUT2D eigenvalue weighted by molar-refractivity contribution is -0.433. The van der Waals surface area contributed by atoms with E-state index in [1.807, 2.05) is 6.92 Å². The number of ketones is 2. The monoisotopic (exact) mass is 420 g/mol. The zero-order chi connectivity index (χ0) is 22.1. The van der Waals surface area contributed by atoms with Crippen molar-refractivity contribution < 1.29 is 24.0 Å². The molecule has 1 aliphatic heterocycles. The summed E-state index contributed by atoms with van der Waals surface area (Å²) >= 11 is 0. The highest BCUT2D eigenvalue weighted by Gasteiger charge is 2.48. The summed E-state index contributed by atoms with van der Waals surface area (Å²) in [6.07, 6.45) is 0.684. The second-order valence-corrected chi connectivity index (χ2v) is 7.16. The van der Waals surface area contributed by atoms with Crippen LogP contribution >= 0.6 is 0 Å². The Bertz CT molecular complexity index is 1160. The predicted molar refractivity (Wildman–Crippen MR) is 111 cm³/mol. The van der Waals surface area contributed by atoms with Crippen molar-refractivity contribution in [1.29, 1.82) is 0 Å². The van der Waals surface area contributed by atoms with Gasteiger partial charge >= 0.3 is 5.70 Å². The largest absolute Gasteiger partial charge is 0.497 e. The van der Waals surface area contributed by atoms with Crippen LogP contribution in [0.4, 0.5) is 0 Å². The quantitative estimate of drug-likeness (QED) is 0.562. The van der Waals surface area contributed by atoms with Crippen LogP contribution in [-0.4, -0.2) is 30.1 Å². The molecule has 2 aromatic carbocycles. The van der Waals surface area contributed by atoms with Gasteiger partial charge in [0.2, 0.25) is 5.78 Å². The molecular formula is C23H20N2O6. The van der Waals surface area contributed by atoms with E-state index >= 15 is 0 Å². The zero-order valence-corrected chi connectivity index (χ0v) is 17.0. The molecule has 2 aliphatic rings. The van der Waals surface area contributed by atoms with E-state index in [0.717, 1.165) is 0 Å². The van der Waals surface area contributed by atoms with Gasteiger partial charge < -0.3 is 14.8 Å². The summed E-state index contributed by atoms with van der Waals surface area (Å²) in [5.74, 6) is -1.87. The molecule has 31 heavy (non-hydrogen) atoms. The molecule has 8 nitrogen and oxygen atoms in total. The van der Waals surface area contributed by atoms with Gasteiger partial charge in [-0.05, 0) is 24.1 Å². The smallest absolute Gasteiger partial charge is 0.317 e. The number of benzene rings is 2. The maximum atomic E-state index is 13.4. The molecule has 1 heterocycles. The van der Waals surface area contributed by atoms with Crippen molar-refractivity contribution in [1.82, 2.24) is 5.32 Å². The minimum absolute atomic E-state index is 0.0364. The molecule has 8 heteroatoms. The first-order valence-corrected chi connectivity index (χ1v) is 9.84. The third-order valence-corrected chi connectivity index (χ3v) is 5.27. The van der Waals surface area contributed by atoms with Crippen molar-refractivity contribution in [3.05, 3.63) is 98.2 Å². The van der Waals surface area contributed by atoms with E-state index in [4.69, 9.17) is 9.47 Å². The summed E-state index contributed by atoms with van der Waals surface area (Å²) in [4.78, 5) is 38.2. The highest BCUT2D eigenvalue weighted by atomic mass is 16.6. The number of Topliss-reactive ketones (excluding diaryl/α,β-unsaturated/α-hetero) is 2. The predicted octanol–water partition coefficient (Wildman–Crippen LogP) is 3.59. The number of fused-ring (bicyclic) bond motifs is 1. The Morgan fingerprint density at radius 1 is 1.10 bits per heavy atom. The zero-order valence-electron chi connectivity index (χ0n) is 17.0. The van der Waals surface area contributed by atoms with Crippen molar-refractivity contribution in [3.63, 3.8) is 0 Å². The third kappa shape index (κ3) is 3.35. The SMILES string of the molecule is CCCNC1=C([N+](=O)[O-])C(c2cccc(OC)c2)C2=C(O1)C(=O)c1ccccc1C2=O. The first-order valence-electron chi connectivity index (χ1n) is 9.84. The van der Waals surface area contributed by atoms with Crippen LogP contribution < -0.4 is 10.1 Å². The maximum Gasteiger partial charge on any atom is 0.317 e. The molecular weight excluding hydrogens is 400 g/mol. The Balaban J connectivity index is 1.97. The second kappa shape index (κ2) is 8.06. The van der Waals surface area contributed by atoms with Gasteiger partial charge in [-0.3, -0.25) is 19.7 Å². The van der Waals surface area contributed by atoms with E-state index in [1.54, 1.807) is 48.5 Å². The normalized spacial score (nSPS) is 17.7. The number of methoxy groups -OCH3 is 1. The molecule has 1 unspecified atom stereocenters. The van der Waals surface area contributed by atoms with Gasteiger partial charge in [-0.1, -0.05) is 43.3 Å². The van der Waals surface area contributed by atoms with E-state index in [1.165, 1.54) is 7.11 Å². The van der Waals surface area contributed by atoms with Crippen LogP contribution in [0.15, 0.2) is 71.4 Å². The molecule has 4 rings (SSSR count). The Morgan fingerprint density at radius 3 is 2.45 bits per heavy atom. The van der Waals surface area contributed by atoms with E-state index in [-0.39, 0.29) is 34.0 Å². The number of nitrogens with zero attached hydrogens (tertiary/aromatic N) is 1. The van der Waals surface area contributed by atoms with E-state index in [2.05, 4.69) is 5.32 Å². The molecule has 2 aromatic rings. The highest BCUT2D eigenvalue weighted by molar-refractivity contribution is 6.27. The fourth-order valence-electron chi connectivity index (χ4n) is 3.86. The van der Waals surface area contributed by atoms with E-state index in [0.29, 0.717) is 24.3 Å².